The van der Waals surface area contributed by atoms with Crippen LogP contribution in [0.5, 0.6) is 0 Å². The number of phosphoric ester groups is 1. The number of rotatable bonds is 57. The van der Waals surface area contributed by atoms with E-state index in [0.717, 1.165) is 116 Å². The standard InChI is InChI=1S/C71H121N2O7P/c1-7-10-13-16-19-22-25-27-29-31-32-33-34-35-36-37-38-39-40-42-44-46-49-52-55-58-61-64-71(75)80-69(62-59-56-53-50-47-24-21-18-15-12-9-3)68(67-79-81(76,77)78-66-65-73(4,5)6)72-70(74)63-60-57-54-51-48-45-43-41-30-28-26-23-20-17-14-11-8-2/h10-11,13-14,19-20,22-23,27-30,32-33,35-36,43,45,51,54,59,62,68-69H,7-9,12,15-18,21,24-26,31,34,37-42,44,46-50,52-53,55-58,60-61,63-67H2,1-6H3,(H-,72,74,76,77)/b13-10-,14-11-,22-19-,23-20-,29-27-,30-28-,33-32-,36-35-,45-43-,54-51-,62-59-. The van der Waals surface area contributed by atoms with Crippen molar-refractivity contribution in [1.29, 1.82) is 0 Å². The maximum Gasteiger partial charge on any atom is 0.306 e. The second kappa shape index (κ2) is 59.3. The summed E-state index contributed by atoms with van der Waals surface area (Å²) in [6.45, 7) is 6.55. The first-order chi connectivity index (χ1) is 39.4. The number of hydrogen-bond acceptors (Lipinski definition) is 7. The molecule has 0 aromatic rings. The highest BCUT2D eigenvalue weighted by molar-refractivity contribution is 7.45. The zero-order valence-electron chi connectivity index (χ0n) is 52.7. The fourth-order valence-electron chi connectivity index (χ4n) is 8.64. The summed E-state index contributed by atoms with van der Waals surface area (Å²) in [5.41, 5.74) is 0. The number of likely N-dealkylation sites (N-methyl/N-ethyl adjacent to an activating group) is 1. The average molecular weight is 1150 g/mol. The normalized spacial score (nSPS) is 14.5. The van der Waals surface area contributed by atoms with E-state index in [9.17, 15) is 19.0 Å². The van der Waals surface area contributed by atoms with E-state index in [1.165, 1.54) is 89.9 Å². The van der Waals surface area contributed by atoms with E-state index in [1.807, 2.05) is 33.3 Å². The summed E-state index contributed by atoms with van der Waals surface area (Å²) in [4.78, 5) is 40.0. The summed E-state index contributed by atoms with van der Waals surface area (Å²) in [5.74, 6) is -0.621. The molecule has 0 aliphatic carbocycles. The van der Waals surface area contributed by atoms with Crippen LogP contribution in [0.2, 0.25) is 0 Å². The van der Waals surface area contributed by atoms with Gasteiger partial charge in [0.15, 0.2) is 0 Å². The van der Waals surface area contributed by atoms with Gasteiger partial charge >= 0.3 is 5.97 Å². The van der Waals surface area contributed by atoms with Crippen LogP contribution in [0.4, 0.5) is 0 Å². The number of nitrogens with zero attached hydrogens (tertiary/aromatic N) is 1. The minimum Gasteiger partial charge on any atom is -0.756 e. The van der Waals surface area contributed by atoms with Gasteiger partial charge in [-0.25, -0.2) is 0 Å². The van der Waals surface area contributed by atoms with E-state index in [1.54, 1.807) is 0 Å². The summed E-state index contributed by atoms with van der Waals surface area (Å²) in [5, 5.41) is 2.99. The largest absolute Gasteiger partial charge is 0.756 e. The van der Waals surface area contributed by atoms with Crippen molar-refractivity contribution >= 4 is 19.7 Å². The molecule has 0 fully saturated rings. The molecule has 9 nitrogen and oxygen atoms in total. The topological polar surface area (TPSA) is 114 Å². The summed E-state index contributed by atoms with van der Waals surface area (Å²) in [6, 6.07) is -0.928. The van der Waals surface area contributed by atoms with Gasteiger partial charge < -0.3 is 28.5 Å². The third-order valence-corrected chi connectivity index (χ3v) is 14.5. The van der Waals surface area contributed by atoms with Crippen LogP contribution in [-0.4, -0.2) is 69.4 Å². The van der Waals surface area contributed by atoms with E-state index in [2.05, 4.69) is 148 Å². The number of nitrogens with one attached hydrogen (secondary N) is 1. The number of phosphoric acid groups is 1. The minimum absolute atomic E-state index is 0.0400. The summed E-state index contributed by atoms with van der Waals surface area (Å²) >= 11 is 0. The molecule has 0 saturated heterocycles. The maximum atomic E-state index is 13.5. The van der Waals surface area contributed by atoms with Crippen LogP contribution in [0, 0.1) is 0 Å². The molecule has 0 radical (unpaired) electrons. The Morgan fingerprint density at radius 2 is 0.802 bits per heavy atom. The third-order valence-electron chi connectivity index (χ3n) is 13.6. The first-order valence-electron chi connectivity index (χ1n) is 32.5. The third kappa shape index (κ3) is 60.6. The van der Waals surface area contributed by atoms with Gasteiger partial charge in [-0.05, 0) is 115 Å². The van der Waals surface area contributed by atoms with Crippen molar-refractivity contribution < 1.29 is 37.3 Å². The predicted octanol–water partition coefficient (Wildman–Crippen LogP) is 19.8. The first kappa shape index (κ1) is 77.2. The molecule has 0 bridgehead atoms. The lowest BCUT2D eigenvalue weighted by molar-refractivity contribution is -0.870. The Labute approximate surface area is 498 Å². The number of carbonyl (C=O) groups excluding carboxylic acids is 2. The maximum absolute atomic E-state index is 13.5. The molecule has 0 aromatic heterocycles. The van der Waals surface area contributed by atoms with Crippen molar-refractivity contribution in [2.24, 2.45) is 0 Å². The van der Waals surface area contributed by atoms with Gasteiger partial charge in [-0.2, -0.15) is 0 Å². The highest BCUT2D eigenvalue weighted by atomic mass is 31.2. The number of allylic oxidation sites excluding steroid dienone is 21. The predicted molar refractivity (Wildman–Crippen MR) is 348 cm³/mol. The van der Waals surface area contributed by atoms with Gasteiger partial charge in [0.25, 0.3) is 7.82 Å². The van der Waals surface area contributed by atoms with E-state index >= 15 is 0 Å². The van der Waals surface area contributed by atoms with Crippen molar-refractivity contribution in [2.75, 3.05) is 40.9 Å². The fourth-order valence-corrected chi connectivity index (χ4v) is 9.37. The van der Waals surface area contributed by atoms with E-state index in [-0.39, 0.29) is 31.3 Å². The van der Waals surface area contributed by atoms with Gasteiger partial charge in [0.2, 0.25) is 5.91 Å². The summed E-state index contributed by atoms with van der Waals surface area (Å²) in [6.07, 6.45) is 84.4. The highest BCUT2D eigenvalue weighted by Gasteiger charge is 2.27. The van der Waals surface area contributed by atoms with Gasteiger partial charge in [0.1, 0.15) is 19.3 Å². The molecule has 462 valence electrons. The first-order valence-corrected chi connectivity index (χ1v) is 34.0. The van der Waals surface area contributed by atoms with Gasteiger partial charge in [-0.3, -0.25) is 14.2 Å². The monoisotopic (exact) mass is 1140 g/mol. The Kier molecular flexibility index (Phi) is 56.5. The van der Waals surface area contributed by atoms with Crippen LogP contribution in [0.1, 0.15) is 252 Å². The second-order valence-corrected chi connectivity index (χ2v) is 23.9. The van der Waals surface area contributed by atoms with Gasteiger partial charge in [0.05, 0.1) is 33.8 Å². The molecule has 0 aromatic carbocycles. The quantitative estimate of drug-likeness (QED) is 0.0212. The van der Waals surface area contributed by atoms with Crippen LogP contribution < -0.4 is 10.2 Å². The number of amides is 1. The molecule has 0 aliphatic heterocycles. The molecule has 1 N–H and O–H groups in total. The van der Waals surface area contributed by atoms with Gasteiger partial charge in [0, 0.05) is 12.8 Å². The number of carbonyl (C=O) groups is 2. The average Bonchev–Trinajstić information content (AvgIpc) is 3.44. The van der Waals surface area contributed by atoms with Crippen LogP contribution in [0.25, 0.3) is 0 Å². The van der Waals surface area contributed by atoms with Crippen molar-refractivity contribution in [2.45, 2.75) is 264 Å². The van der Waals surface area contributed by atoms with Crippen molar-refractivity contribution in [3.63, 3.8) is 0 Å². The molecule has 1 amide bonds. The summed E-state index contributed by atoms with van der Waals surface area (Å²) in [7, 11) is 1.13. The zero-order valence-corrected chi connectivity index (χ0v) is 53.6. The van der Waals surface area contributed by atoms with Crippen LogP contribution in [0.15, 0.2) is 134 Å². The zero-order chi connectivity index (χ0) is 59.3. The molecule has 10 heteroatoms. The number of ether oxygens (including phenoxy) is 1. The smallest absolute Gasteiger partial charge is 0.306 e. The van der Waals surface area contributed by atoms with E-state index in [4.69, 9.17) is 13.8 Å². The van der Waals surface area contributed by atoms with Gasteiger partial charge in [-0.1, -0.05) is 258 Å². The van der Waals surface area contributed by atoms with E-state index < -0.39 is 26.6 Å². The van der Waals surface area contributed by atoms with Crippen molar-refractivity contribution in [3.8, 4) is 0 Å². The van der Waals surface area contributed by atoms with Crippen molar-refractivity contribution in [3.05, 3.63) is 134 Å². The number of hydrogen-bond donors (Lipinski definition) is 1. The molecule has 81 heavy (non-hydrogen) atoms. The molecular formula is C71H121N2O7P. The Balaban J connectivity index is 5.15. The van der Waals surface area contributed by atoms with Crippen LogP contribution >= 0.6 is 7.82 Å². The fraction of sp³-hybridized carbons (Fsp3) is 0.662. The summed E-state index contributed by atoms with van der Waals surface area (Å²) < 4.78 is 30.3. The highest BCUT2D eigenvalue weighted by Crippen LogP contribution is 2.38. The molecule has 0 aliphatic rings. The number of quaternary nitrogens is 1. The number of unbranched alkanes of at least 4 members (excludes halogenated alkanes) is 21. The molecule has 3 unspecified atom stereocenters. The number of esters is 1. The molecular weight excluding hydrogens is 1020 g/mol. The van der Waals surface area contributed by atoms with Crippen LogP contribution in [-0.2, 0) is 27.9 Å². The lowest BCUT2D eigenvalue weighted by atomic mass is 10.0. The van der Waals surface area contributed by atoms with Crippen LogP contribution in [0.3, 0.4) is 0 Å². The minimum atomic E-state index is -4.72. The molecule has 0 heterocycles. The molecule has 3 atom stereocenters. The molecule has 0 spiro atoms. The molecule has 0 saturated carbocycles. The van der Waals surface area contributed by atoms with E-state index in [0.29, 0.717) is 23.9 Å². The Bertz CT molecular complexity index is 1850. The lowest BCUT2D eigenvalue weighted by Crippen LogP contribution is -2.47. The van der Waals surface area contributed by atoms with Crippen molar-refractivity contribution in [1.82, 2.24) is 5.32 Å². The Hall–Kier alpha value is -3.85. The second-order valence-electron chi connectivity index (χ2n) is 22.5. The Morgan fingerprint density at radius 3 is 1.21 bits per heavy atom. The Morgan fingerprint density at radius 1 is 0.444 bits per heavy atom. The van der Waals surface area contributed by atoms with Gasteiger partial charge in [-0.15, -0.1) is 0 Å². The lowest BCUT2D eigenvalue weighted by Gasteiger charge is -2.30. The SMILES string of the molecule is CC/C=C\C/C=C\C/C=C\C/C=C\C/C=C\CCCCCCCCCCCCCC(=O)OC(/C=C\CCCCCCCCCCC)C(COP(=O)([O-])OCC[N+](C)(C)C)NC(=O)CCC/C=C\C/C=C\C/C=C\C/C=C\C/C=C\CC. The molecule has 0 rings (SSSR count).